The predicted molar refractivity (Wildman–Crippen MR) is 84.7 cm³/mol. The van der Waals surface area contributed by atoms with Crippen molar-refractivity contribution in [3.8, 4) is 0 Å². The van der Waals surface area contributed by atoms with Gasteiger partial charge < -0.3 is 10.5 Å². The quantitative estimate of drug-likeness (QED) is 0.874. The maximum atomic E-state index is 11.8. The summed E-state index contributed by atoms with van der Waals surface area (Å²) in [5.74, 6) is -0.795. The van der Waals surface area contributed by atoms with Crippen LogP contribution in [0.5, 0.6) is 0 Å². The van der Waals surface area contributed by atoms with Crippen LogP contribution in [0.25, 0.3) is 0 Å². The van der Waals surface area contributed by atoms with Gasteiger partial charge in [0.25, 0.3) is 0 Å². The number of methoxy groups -OCH3 is 1. The van der Waals surface area contributed by atoms with E-state index < -0.39 is 12.0 Å². The van der Waals surface area contributed by atoms with Crippen molar-refractivity contribution in [1.29, 1.82) is 0 Å². The van der Waals surface area contributed by atoms with Gasteiger partial charge in [-0.05, 0) is 35.4 Å². The van der Waals surface area contributed by atoms with E-state index in [0.29, 0.717) is 10.0 Å². The third kappa shape index (κ3) is 3.76. The van der Waals surface area contributed by atoms with Crippen LogP contribution in [0.1, 0.15) is 17.0 Å². The molecular formula is C16H15Cl2NO2. The number of hydrogen-bond acceptors (Lipinski definition) is 3. The Hall–Kier alpha value is -1.55. The molecule has 0 aromatic heterocycles. The van der Waals surface area contributed by atoms with E-state index in [4.69, 9.17) is 33.7 Å². The number of esters is 1. The highest BCUT2D eigenvalue weighted by Crippen LogP contribution is 2.29. The van der Waals surface area contributed by atoms with Gasteiger partial charge in [-0.1, -0.05) is 47.5 Å². The molecule has 2 N–H and O–H groups in total. The maximum Gasteiger partial charge on any atom is 0.323 e. The SMILES string of the molecule is COC(=O)[C@@H](N)C(c1ccc(Cl)cc1)c1ccc(Cl)cc1. The number of nitrogens with two attached hydrogens (primary N) is 1. The molecule has 0 aliphatic rings. The van der Waals surface area contributed by atoms with E-state index in [1.54, 1.807) is 24.3 Å². The Kier molecular flexibility index (Phi) is 5.23. The third-order valence-corrected chi connectivity index (χ3v) is 3.79. The van der Waals surface area contributed by atoms with Gasteiger partial charge in [-0.25, -0.2) is 0 Å². The average Bonchev–Trinajstić information content (AvgIpc) is 2.50. The number of halogens is 2. The van der Waals surface area contributed by atoms with Crippen molar-refractivity contribution in [1.82, 2.24) is 0 Å². The summed E-state index contributed by atoms with van der Waals surface area (Å²) in [6.45, 7) is 0. The van der Waals surface area contributed by atoms with Gasteiger partial charge in [0.2, 0.25) is 0 Å². The fourth-order valence-corrected chi connectivity index (χ4v) is 2.47. The zero-order chi connectivity index (χ0) is 15.4. The first-order chi connectivity index (χ1) is 10.0. The molecule has 21 heavy (non-hydrogen) atoms. The Morgan fingerprint density at radius 3 is 1.67 bits per heavy atom. The van der Waals surface area contributed by atoms with Gasteiger partial charge in [0.1, 0.15) is 6.04 Å². The van der Waals surface area contributed by atoms with E-state index in [0.717, 1.165) is 11.1 Å². The van der Waals surface area contributed by atoms with Crippen LogP contribution in [0.3, 0.4) is 0 Å². The fraction of sp³-hybridized carbons (Fsp3) is 0.188. The average molecular weight is 324 g/mol. The second-order valence-electron chi connectivity index (χ2n) is 4.63. The van der Waals surface area contributed by atoms with Gasteiger partial charge in [0.05, 0.1) is 7.11 Å². The lowest BCUT2D eigenvalue weighted by molar-refractivity contribution is -0.142. The number of rotatable bonds is 4. The second kappa shape index (κ2) is 6.94. The molecule has 3 nitrogen and oxygen atoms in total. The summed E-state index contributed by atoms with van der Waals surface area (Å²) < 4.78 is 4.77. The molecule has 0 amide bonds. The topological polar surface area (TPSA) is 52.3 Å². The largest absolute Gasteiger partial charge is 0.468 e. The van der Waals surface area contributed by atoms with Crippen molar-refractivity contribution in [3.63, 3.8) is 0 Å². The molecule has 110 valence electrons. The number of carbonyl (C=O) groups is 1. The van der Waals surface area contributed by atoms with Crippen LogP contribution in [0.4, 0.5) is 0 Å². The Morgan fingerprint density at radius 1 is 0.952 bits per heavy atom. The summed E-state index contributed by atoms with van der Waals surface area (Å²) in [5, 5.41) is 1.25. The van der Waals surface area contributed by atoms with Crippen molar-refractivity contribution in [2.24, 2.45) is 5.73 Å². The number of benzene rings is 2. The molecule has 5 heteroatoms. The Balaban J connectivity index is 2.45. The van der Waals surface area contributed by atoms with Crippen LogP contribution in [-0.2, 0) is 9.53 Å². The molecule has 0 radical (unpaired) electrons. The monoisotopic (exact) mass is 323 g/mol. The van der Waals surface area contributed by atoms with Gasteiger partial charge >= 0.3 is 5.97 Å². The van der Waals surface area contributed by atoms with Crippen LogP contribution in [-0.4, -0.2) is 19.1 Å². The Morgan fingerprint density at radius 2 is 1.33 bits per heavy atom. The molecule has 2 rings (SSSR count). The molecule has 2 aromatic carbocycles. The van der Waals surface area contributed by atoms with Crippen LogP contribution in [0.15, 0.2) is 48.5 Å². The fourth-order valence-electron chi connectivity index (χ4n) is 2.22. The van der Waals surface area contributed by atoms with Crippen LogP contribution >= 0.6 is 23.2 Å². The van der Waals surface area contributed by atoms with E-state index in [9.17, 15) is 4.79 Å². The van der Waals surface area contributed by atoms with Crippen molar-refractivity contribution in [2.75, 3.05) is 7.11 Å². The molecule has 0 saturated heterocycles. The lowest BCUT2D eigenvalue weighted by Crippen LogP contribution is -2.38. The molecule has 0 aliphatic carbocycles. The highest BCUT2D eigenvalue weighted by molar-refractivity contribution is 6.30. The normalized spacial score (nSPS) is 12.2. The first-order valence-electron chi connectivity index (χ1n) is 6.37. The lowest BCUT2D eigenvalue weighted by atomic mass is 9.85. The summed E-state index contributed by atoms with van der Waals surface area (Å²) in [6.07, 6.45) is 0. The van der Waals surface area contributed by atoms with Gasteiger partial charge in [0.15, 0.2) is 0 Å². The van der Waals surface area contributed by atoms with Crippen molar-refractivity contribution >= 4 is 29.2 Å². The standard InChI is InChI=1S/C16H15Cl2NO2/c1-21-16(20)15(19)14(10-2-6-12(17)7-3-10)11-4-8-13(18)9-5-11/h2-9,14-15H,19H2,1H3/t15-/m0/s1. The minimum Gasteiger partial charge on any atom is -0.468 e. The zero-order valence-corrected chi connectivity index (χ0v) is 12.9. The number of carbonyl (C=O) groups excluding carboxylic acids is 1. The summed E-state index contributed by atoms with van der Waals surface area (Å²) in [4.78, 5) is 11.8. The minimum absolute atomic E-state index is 0.327. The highest BCUT2D eigenvalue weighted by atomic mass is 35.5. The predicted octanol–water partition coefficient (Wildman–Crippen LogP) is 3.63. The summed E-state index contributed by atoms with van der Waals surface area (Å²) >= 11 is 11.8. The van der Waals surface area contributed by atoms with Crippen LogP contribution in [0, 0.1) is 0 Å². The summed E-state index contributed by atoms with van der Waals surface area (Å²) in [6, 6.07) is 13.7. The Labute approximate surface area is 133 Å². The number of ether oxygens (including phenoxy) is 1. The van der Waals surface area contributed by atoms with Crippen LogP contribution in [0.2, 0.25) is 10.0 Å². The summed E-state index contributed by atoms with van der Waals surface area (Å²) in [7, 11) is 1.32. The van der Waals surface area contributed by atoms with E-state index >= 15 is 0 Å². The maximum absolute atomic E-state index is 11.8. The number of hydrogen-bond donors (Lipinski definition) is 1. The highest BCUT2D eigenvalue weighted by Gasteiger charge is 2.28. The molecule has 0 saturated carbocycles. The van der Waals surface area contributed by atoms with E-state index in [2.05, 4.69) is 0 Å². The molecule has 1 atom stereocenters. The molecule has 0 unspecified atom stereocenters. The van der Waals surface area contributed by atoms with E-state index in [1.165, 1.54) is 7.11 Å². The Bertz CT molecular complexity index is 566. The smallest absolute Gasteiger partial charge is 0.323 e. The van der Waals surface area contributed by atoms with Gasteiger partial charge in [-0.15, -0.1) is 0 Å². The van der Waals surface area contributed by atoms with Crippen molar-refractivity contribution in [2.45, 2.75) is 12.0 Å². The van der Waals surface area contributed by atoms with E-state index in [1.807, 2.05) is 24.3 Å². The lowest BCUT2D eigenvalue weighted by Gasteiger charge is -2.23. The molecule has 2 aromatic rings. The molecule has 0 fully saturated rings. The molecule has 0 spiro atoms. The van der Waals surface area contributed by atoms with Crippen LogP contribution < -0.4 is 5.73 Å². The minimum atomic E-state index is -0.808. The molecule has 0 bridgehead atoms. The first-order valence-corrected chi connectivity index (χ1v) is 7.13. The zero-order valence-electron chi connectivity index (χ0n) is 11.4. The van der Waals surface area contributed by atoms with Gasteiger partial charge in [0, 0.05) is 16.0 Å². The van der Waals surface area contributed by atoms with Gasteiger partial charge in [-0.3, -0.25) is 4.79 Å². The summed E-state index contributed by atoms with van der Waals surface area (Å²) in [5.41, 5.74) is 7.85. The molecular weight excluding hydrogens is 309 g/mol. The van der Waals surface area contributed by atoms with E-state index in [-0.39, 0.29) is 5.92 Å². The second-order valence-corrected chi connectivity index (χ2v) is 5.50. The van der Waals surface area contributed by atoms with Gasteiger partial charge in [-0.2, -0.15) is 0 Å². The van der Waals surface area contributed by atoms with Crippen molar-refractivity contribution in [3.05, 3.63) is 69.7 Å². The molecule has 0 heterocycles. The third-order valence-electron chi connectivity index (χ3n) is 3.29. The molecule has 0 aliphatic heterocycles. The van der Waals surface area contributed by atoms with Crippen molar-refractivity contribution < 1.29 is 9.53 Å². The first kappa shape index (κ1) is 15.8.